The summed E-state index contributed by atoms with van der Waals surface area (Å²) in [4.78, 5) is 8.72. The third-order valence-electron chi connectivity index (χ3n) is 4.72. The first-order chi connectivity index (χ1) is 13.1. The molecule has 1 saturated heterocycles. The van der Waals surface area contributed by atoms with E-state index in [4.69, 9.17) is 10.5 Å². The Hall–Kier alpha value is -3.29. The third kappa shape index (κ3) is 3.64. The molecule has 0 atom stereocenters. The average molecular weight is 362 g/mol. The zero-order valence-electron chi connectivity index (χ0n) is 15.6. The number of hydrogen-bond acceptors (Lipinski definition) is 7. The normalized spacial score (nSPS) is 14.4. The third-order valence-corrected chi connectivity index (χ3v) is 4.72. The summed E-state index contributed by atoms with van der Waals surface area (Å²) in [6.45, 7) is 6.16. The van der Waals surface area contributed by atoms with Gasteiger partial charge in [-0.2, -0.15) is 15.5 Å². The monoisotopic (exact) mass is 362 g/mol. The van der Waals surface area contributed by atoms with Crippen LogP contribution in [-0.2, 0) is 0 Å². The summed E-state index contributed by atoms with van der Waals surface area (Å²) in [7, 11) is 2.12. The Kier molecular flexibility index (Phi) is 5.44. The summed E-state index contributed by atoms with van der Waals surface area (Å²) in [5.74, 6) is 0.229. The Balaban J connectivity index is 2.03. The Morgan fingerprint density at radius 1 is 1.07 bits per heavy atom. The van der Waals surface area contributed by atoms with Crippen LogP contribution < -0.4 is 15.4 Å². The second-order valence-electron chi connectivity index (χ2n) is 6.42. The van der Waals surface area contributed by atoms with Crippen molar-refractivity contribution in [3.8, 4) is 29.1 Å². The predicted octanol–water partition coefficient (Wildman–Crippen LogP) is 2.22. The topological polar surface area (TPSA) is 102 Å². The molecule has 0 saturated carbocycles. The molecule has 138 valence electrons. The molecule has 2 N–H and O–H groups in total. The Morgan fingerprint density at radius 3 is 2.26 bits per heavy atom. The number of anilines is 2. The van der Waals surface area contributed by atoms with Crippen LogP contribution in [0.2, 0.25) is 0 Å². The fourth-order valence-electron chi connectivity index (χ4n) is 3.23. The highest BCUT2D eigenvalue weighted by atomic mass is 16.5. The molecule has 3 rings (SSSR count). The Labute approximate surface area is 159 Å². The summed E-state index contributed by atoms with van der Waals surface area (Å²) in [6.07, 6.45) is 0. The van der Waals surface area contributed by atoms with Crippen LogP contribution >= 0.6 is 0 Å². The molecule has 1 fully saturated rings. The second-order valence-corrected chi connectivity index (χ2v) is 6.42. The molecule has 7 nitrogen and oxygen atoms in total. The summed E-state index contributed by atoms with van der Waals surface area (Å²) in [6, 6.07) is 12.1. The number of ether oxygens (including phenoxy) is 1. The first-order valence-corrected chi connectivity index (χ1v) is 8.89. The maximum Gasteiger partial charge on any atom is 0.234 e. The molecule has 7 heteroatoms. The maximum atomic E-state index is 9.65. The number of nitriles is 2. The van der Waals surface area contributed by atoms with E-state index in [1.165, 1.54) is 0 Å². The highest BCUT2D eigenvalue weighted by Gasteiger charge is 2.21. The van der Waals surface area contributed by atoms with Crippen LogP contribution in [0.3, 0.4) is 0 Å². The van der Waals surface area contributed by atoms with Crippen molar-refractivity contribution >= 4 is 11.5 Å². The quantitative estimate of drug-likeness (QED) is 0.889. The van der Waals surface area contributed by atoms with Crippen LogP contribution in [0.5, 0.6) is 5.88 Å². The van der Waals surface area contributed by atoms with Gasteiger partial charge in [0.1, 0.15) is 29.1 Å². The van der Waals surface area contributed by atoms with E-state index in [1.54, 1.807) is 0 Å². The summed E-state index contributed by atoms with van der Waals surface area (Å²) in [5, 5.41) is 19.2. The molecular formula is C20H22N6O. The SMILES string of the molecule is CCOc1nc(N)c(C#N)c(-c2ccc(N3CCN(C)CC3)cc2)c1C#N. The highest BCUT2D eigenvalue weighted by Crippen LogP contribution is 2.35. The second kappa shape index (κ2) is 7.94. The van der Waals surface area contributed by atoms with Gasteiger partial charge in [0.15, 0.2) is 0 Å². The number of nitrogens with zero attached hydrogens (tertiary/aromatic N) is 5. The van der Waals surface area contributed by atoms with Crippen LogP contribution in [-0.4, -0.2) is 49.7 Å². The minimum atomic E-state index is 0.0677. The smallest absolute Gasteiger partial charge is 0.234 e. The number of likely N-dealkylation sites (N-methyl/N-ethyl adjacent to an activating group) is 1. The number of piperazine rings is 1. The standard InChI is InChI=1S/C20H22N6O/c1-3-27-20-17(13-22)18(16(12-21)19(23)24-20)14-4-6-15(7-5-14)26-10-8-25(2)9-11-26/h4-7H,3,8-11H2,1-2H3,(H2,23,24). The molecule has 1 aromatic heterocycles. The van der Waals surface area contributed by atoms with Crippen LogP contribution in [0.25, 0.3) is 11.1 Å². The summed E-state index contributed by atoms with van der Waals surface area (Å²) < 4.78 is 5.46. The van der Waals surface area contributed by atoms with Gasteiger partial charge < -0.3 is 20.3 Å². The lowest BCUT2D eigenvalue weighted by molar-refractivity contribution is 0.313. The lowest BCUT2D eigenvalue weighted by Crippen LogP contribution is -2.44. The van der Waals surface area contributed by atoms with Gasteiger partial charge in [-0.25, -0.2) is 0 Å². The van der Waals surface area contributed by atoms with Crippen molar-refractivity contribution in [1.29, 1.82) is 10.5 Å². The van der Waals surface area contributed by atoms with Gasteiger partial charge in [-0.15, -0.1) is 0 Å². The summed E-state index contributed by atoms with van der Waals surface area (Å²) in [5.41, 5.74) is 8.72. The summed E-state index contributed by atoms with van der Waals surface area (Å²) >= 11 is 0. The van der Waals surface area contributed by atoms with E-state index in [2.05, 4.69) is 34.0 Å². The molecule has 0 unspecified atom stereocenters. The predicted molar refractivity (Wildman–Crippen MR) is 104 cm³/mol. The highest BCUT2D eigenvalue weighted by molar-refractivity contribution is 5.83. The zero-order valence-corrected chi connectivity index (χ0v) is 15.6. The minimum absolute atomic E-state index is 0.0677. The van der Waals surface area contributed by atoms with Gasteiger partial charge in [-0.05, 0) is 31.7 Å². The van der Waals surface area contributed by atoms with Crippen LogP contribution in [0.4, 0.5) is 11.5 Å². The molecule has 0 amide bonds. The van der Waals surface area contributed by atoms with Crippen molar-refractivity contribution in [2.45, 2.75) is 6.92 Å². The number of rotatable bonds is 4. The van der Waals surface area contributed by atoms with Crippen LogP contribution in [0, 0.1) is 22.7 Å². The lowest BCUT2D eigenvalue weighted by atomic mass is 9.96. The number of nitrogen functional groups attached to an aromatic ring is 1. The van der Waals surface area contributed by atoms with Crippen LogP contribution in [0.15, 0.2) is 24.3 Å². The van der Waals surface area contributed by atoms with E-state index < -0.39 is 0 Å². The van der Waals surface area contributed by atoms with Gasteiger partial charge in [-0.3, -0.25) is 0 Å². The Morgan fingerprint density at radius 2 is 1.70 bits per heavy atom. The molecule has 27 heavy (non-hydrogen) atoms. The van der Waals surface area contributed by atoms with Crippen molar-refractivity contribution in [3.63, 3.8) is 0 Å². The van der Waals surface area contributed by atoms with Crippen molar-refractivity contribution in [2.24, 2.45) is 0 Å². The van der Waals surface area contributed by atoms with Gasteiger partial charge in [0.25, 0.3) is 0 Å². The van der Waals surface area contributed by atoms with Gasteiger partial charge in [0, 0.05) is 37.4 Å². The minimum Gasteiger partial charge on any atom is -0.477 e. The average Bonchev–Trinajstić information content (AvgIpc) is 2.68. The van der Waals surface area contributed by atoms with Gasteiger partial charge in [0.2, 0.25) is 5.88 Å². The van der Waals surface area contributed by atoms with E-state index in [0.717, 1.165) is 37.4 Å². The van der Waals surface area contributed by atoms with Gasteiger partial charge >= 0.3 is 0 Å². The zero-order chi connectivity index (χ0) is 19.4. The van der Waals surface area contributed by atoms with Gasteiger partial charge in [0.05, 0.1) is 6.61 Å². The number of nitrogens with two attached hydrogens (primary N) is 1. The maximum absolute atomic E-state index is 9.65. The first kappa shape index (κ1) is 18.5. The number of pyridine rings is 1. The fourth-order valence-corrected chi connectivity index (χ4v) is 3.23. The molecule has 0 bridgehead atoms. The molecule has 0 spiro atoms. The molecule has 1 aliphatic rings. The molecule has 0 aliphatic carbocycles. The number of benzene rings is 1. The largest absolute Gasteiger partial charge is 0.477 e. The van der Waals surface area contributed by atoms with Gasteiger partial charge in [-0.1, -0.05) is 12.1 Å². The number of hydrogen-bond donors (Lipinski definition) is 1. The lowest BCUT2D eigenvalue weighted by Gasteiger charge is -2.34. The van der Waals surface area contributed by atoms with Crippen LogP contribution in [0.1, 0.15) is 18.1 Å². The van der Waals surface area contributed by atoms with E-state index >= 15 is 0 Å². The Bertz CT molecular complexity index is 902. The van der Waals surface area contributed by atoms with Crippen molar-refractivity contribution in [2.75, 3.05) is 50.5 Å². The number of aromatic nitrogens is 1. The van der Waals surface area contributed by atoms with E-state index in [-0.39, 0.29) is 22.8 Å². The molecule has 1 aromatic carbocycles. The van der Waals surface area contributed by atoms with E-state index in [0.29, 0.717) is 12.2 Å². The molecule has 1 aliphatic heterocycles. The molecular weight excluding hydrogens is 340 g/mol. The first-order valence-electron chi connectivity index (χ1n) is 8.89. The fraction of sp³-hybridized carbons (Fsp3) is 0.350. The van der Waals surface area contributed by atoms with Crippen molar-refractivity contribution in [3.05, 3.63) is 35.4 Å². The van der Waals surface area contributed by atoms with Crippen molar-refractivity contribution in [1.82, 2.24) is 9.88 Å². The van der Waals surface area contributed by atoms with Crippen molar-refractivity contribution < 1.29 is 4.74 Å². The molecule has 0 radical (unpaired) electrons. The van der Waals surface area contributed by atoms with E-state index in [1.807, 2.05) is 31.2 Å². The molecule has 2 aromatic rings. The van der Waals surface area contributed by atoms with E-state index in [9.17, 15) is 10.5 Å². The molecule has 2 heterocycles.